The average Bonchev–Trinajstić information content (AvgIpc) is 3.05. The quantitative estimate of drug-likeness (QED) is 0.732. The van der Waals surface area contributed by atoms with Gasteiger partial charge < -0.3 is 5.32 Å². The predicted molar refractivity (Wildman–Crippen MR) is 95.7 cm³/mol. The highest BCUT2D eigenvalue weighted by atomic mass is 32.1. The summed E-state index contributed by atoms with van der Waals surface area (Å²) < 4.78 is 12.9. The summed E-state index contributed by atoms with van der Waals surface area (Å²) >= 11 is 1.39. The summed E-state index contributed by atoms with van der Waals surface area (Å²) in [7, 11) is 0. The van der Waals surface area contributed by atoms with Gasteiger partial charge in [0, 0.05) is 10.9 Å². The first-order valence-corrected chi connectivity index (χ1v) is 8.61. The van der Waals surface area contributed by atoms with Crippen molar-refractivity contribution in [3.63, 3.8) is 0 Å². The number of halogens is 1. The number of hydrogen-bond donors (Lipinski definition) is 1. The Morgan fingerprint density at radius 1 is 1.08 bits per heavy atom. The number of anilines is 1. The molecule has 0 aliphatic carbocycles. The number of hydrogen-bond acceptors (Lipinski definition) is 3. The van der Waals surface area contributed by atoms with Crippen LogP contribution in [0.2, 0.25) is 0 Å². The normalized spacial score (nSPS) is 10.6. The first-order valence-electron chi connectivity index (χ1n) is 7.73. The van der Waals surface area contributed by atoms with Crippen LogP contribution in [0.4, 0.5) is 9.52 Å². The lowest BCUT2D eigenvalue weighted by molar-refractivity contribution is -0.115. The zero-order valence-corrected chi connectivity index (χ0v) is 14.1. The Balaban J connectivity index is 1.64. The van der Waals surface area contributed by atoms with Crippen molar-refractivity contribution in [3.05, 3.63) is 70.9 Å². The maximum absolute atomic E-state index is 12.9. The molecule has 0 aliphatic heterocycles. The molecule has 5 heteroatoms. The second-order valence-electron chi connectivity index (χ2n) is 5.44. The molecule has 0 spiro atoms. The molecule has 1 amide bonds. The van der Waals surface area contributed by atoms with Crippen LogP contribution in [0, 0.1) is 5.82 Å². The van der Waals surface area contributed by atoms with E-state index < -0.39 is 0 Å². The van der Waals surface area contributed by atoms with Crippen LogP contribution in [0.15, 0.2) is 53.9 Å². The van der Waals surface area contributed by atoms with Crippen molar-refractivity contribution < 1.29 is 9.18 Å². The second kappa shape index (κ2) is 7.36. The summed E-state index contributed by atoms with van der Waals surface area (Å²) in [4.78, 5) is 16.5. The number of nitrogens with zero attached hydrogens (tertiary/aromatic N) is 1. The van der Waals surface area contributed by atoms with Gasteiger partial charge in [-0.3, -0.25) is 4.79 Å². The topological polar surface area (TPSA) is 42.0 Å². The van der Waals surface area contributed by atoms with Gasteiger partial charge in [0.2, 0.25) is 5.91 Å². The van der Waals surface area contributed by atoms with E-state index in [1.165, 1.54) is 29.0 Å². The molecule has 0 saturated heterocycles. The SMILES string of the molecule is CCc1ccc(-c2csc(NC(=O)Cc3ccc(F)cc3)n2)cc1. The molecular weight excluding hydrogens is 323 g/mol. The van der Waals surface area contributed by atoms with E-state index in [0.717, 1.165) is 23.2 Å². The van der Waals surface area contributed by atoms with E-state index in [1.54, 1.807) is 12.1 Å². The van der Waals surface area contributed by atoms with Gasteiger partial charge in [-0.15, -0.1) is 11.3 Å². The molecule has 0 saturated carbocycles. The standard InChI is InChI=1S/C19H17FN2OS/c1-2-13-3-7-15(8-4-13)17-12-24-19(21-17)22-18(23)11-14-5-9-16(20)10-6-14/h3-10,12H,2,11H2,1H3,(H,21,22,23). The van der Waals surface area contributed by atoms with E-state index in [1.807, 2.05) is 17.5 Å². The molecule has 24 heavy (non-hydrogen) atoms. The van der Waals surface area contributed by atoms with Crippen LogP contribution < -0.4 is 5.32 Å². The Kier molecular flexibility index (Phi) is 5.01. The molecule has 122 valence electrons. The summed E-state index contributed by atoms with van der Waals surface area (Å²) in [5.74, 6) is -0.471. The molecule has 1 N–H and O–H groups in total. The summed E-state index contributed by atoms with van der Waals surface area (Å²) in [6.45, 7) is 2.12. The van der Waals surface area contributed by atoms with Crippen LogP contribution in [-0.2, 0) is 17.6 Å². The Bertz CT molecular complexity index is 825. The van der Waals surface area contributed by atoms with Crippen LogP contribution in [0.25, 0.3) is 11.3 Å². The summed E-state index contributed by atoms with van der Waals surface area (Å²) in [6.07, 6.45) is 1.20. The van der Waals surface area contributed by atoms with Gasteiger partial charge in [-0.05, 0) is 29.7 Å². The van der Waals surface area contributed by atoms with Crippen molar-refractivity contribution in [1.29, 1.82) is 0 Å². The number of carbonyl (C=O) groups excluding carboxylic acids is 1. The van der Waals surface area contributed by atoms with Crippen molar-refractivity contribution in [1.82, 2.24) is 4.98 Å². The van der Waals surface area contributed by atoms with Crippen LogP contribution in [0.5, 0.6) is 0 Å². The van der Waals surface area contributed by atoms with E-state index in [0.29, 0.717) is 5.13 Å². The van der Waals surface area contributed by atoms with Gasteiger partial charge in [0.05, 0.1) is 12.1 Å². The van der Waals surface area contributed by atoms with Crippen LogP contribution >= 0.6 is 11.3 Å². The zero-order chi connectivity index (χ0) is 16.9. The minimum absolute atomic E-state index is 0.163. The molecule has 1 aromatic heterocycles. The highest BCUT2D eigenvalue weighted by Crippen LogP contribution is 2.25. The number of aromatic nitrogens is 1. The Hall–Kier alpha value is -2.53. The number of amides is 1. The molecule has 3 aromatic rings. The lowest BCUT2D eigenvalue weighted by atomic mass is 10.1. The number of benzene rings is 2. The molecular formula is C19H17FN2OS. The smallest absolute Gasteiger partial charge is 0.230 e. The van der Waals surface area contributed by atoms with Crippen molar-refractivity contribution in [3.8, 4) is 11.3 Å². The van der Waals surface area contributed by atoms with E-state index in [2.05, 4.69) is 29.4 Å². The van der Waals surface area contributed by atoms with Crippen molar-refractivity contribution in [2.45, 2.75) is 19.8 Å². The lowest BCUT2D eigenvalue weighted by Gasteiger charge is -2.02. The Labute approximate surface area is 144 Å². The third-order valence-corrected chi connectivity index (χ3v) is 4.44. The number of nitrogens with one attached hydrogen (secondary N) is 1. The fraction of sp³-hybridized carbons (Fsp3) is 0.158. The molecule has 0 unspecified atom stereocenters. The van der Waals surface area contributed by atoms with Gasteiger partial charge in [0.15, 0.2) is 5.13 Å². The van der Waals surface area contributed by atoms with Gasteiger partial charge in [-0.25, -0.2) is 9.37 Å². The number of thiazole rings is 1. The number of aryl methyl sites for hydroxylation is 1. The van der Waals surface area contributed by atoms with E-state index in [9.17, 15) is 9.18 Å². The maximum Gasteiger partial charge on any atom is 0.230 e. The van der Waals surface area contributed by atoms with Crippen LogP contribution in [0.1, 0.15) is 18.1 Å². The fourth-order valence-corrected chi connectivity index (χ4v) is 3.06. The van der Waals surface area contributed by atoms with E-state index >= 15 is 0 Å². The third kappa shape index (κ3) is 4.06. The predicted octanol–water partition coefficient (Wildman–Crippen LogP) is 4.69. The van der Waals surface area contributed by atoms with Crippen molar-refractivity contribution in [2.75, 3.05) is 5.32 Å². The monoisotopic (exact) mass is 340 g/mol. The summed E-state index contributed by atoms with van der Waals surface area (Å²) in [6, 6.07) is 14.2. The Morgan fingerprint density at radius 2 is 1.75 bits per heavy atom. The molecule has 3 rings (SSSR count). The summed E-state index contributed by atoms with van der Waals surface area (Å²) in [5, 5.41) is 5.28. The van der Waals surface area contributed by atoms with Crippen LogP contribution in [0.3, 0.4) is 0 Å². The van der Waals surface area contributed by atoms with Crippen molar-refractivity contribution >= 4 is 22.4 Å². The molecule has 0 atom stereocenters. The van der Waals surface area contributed by atoms with Crippen LogP contribution in [-0.4, -0.2) is 10.9 Å². The third-order valence-electron chi connectivity index (χ3n) is 3.69. The largest absolute Gasteiger partial charge is 0.302 e. The maximum atomic E-state index is 12.9. The summed E-state index contributed by atoms with van der Waals surface area (Å²) in [5.41, 5.74) is 3.92. The minimum Gasteiger partial charge on any atom is -0.302 e. The van der Waals surface area contributed by atoms with Gasteiger partial charge in [0.1, 0.15) is 5.82 Å². The first kappa shape index (κ1) is 16.3. The Morgan fingerprint density at radius 3 is 2.42 bits per heavy atom. The average molecular weight is 340 g/mol. The first-order chi connectivity index (χ1) is 11.6. The van der Waals surface area contributed by atoms with Gasteiger partial charge in [0.25, 0.3) is 0 Å². The van der Waals surface area contributed by atoms with E-state index in [-0.39, 0.29) is 18.1 Å². The molecule has 2 aromatic carbocycles. The second-order valence-corrected chi connectivity index (χ2v) is 6.30. The lowest BCUT2D eigenvalue weighted by Crippen LogP contribution is -2.14. The minimum atomic E-state index is -0.308. The molecule has 0 radical (unpaired) electrons. The fourth-order valence-electron chi connectivity index (χ4n) is 2.33. The molecule has 1 heterocycles. The van der Waals surface area contributed by atoms with Gasteiger partial charge in [-0.1, -0.05) is 43.3 Å². The molecule has 3 nitrogen and oxygen atoms in total. The number of carbonyl (C=O) groups is 1. The highest BCUT2D eigenvalue weighted by molar-refractivity contribution is 7.14. The van der Waals surface area contributed by atoms with Crippen molar-refractivity contribution in [2.24, 2.45) is 0 Å². The zero-order valence-electron chi connectivity index (χ0n) is 13.3. The molecule has 0 aliphatic rings. The van der Waals surface area contributed by atoms with E-state index in [4.69, 9.17) is 0 Å². The van der Waals surface area contributed by atoms with Gasteiger partial charge >= 0.3 is 0 Å². The molecule has 0 bridgehead atoms. The molecule has 0 fully saturated rings. The van der Waals surface area contributed by atoms with Gasteiger partial charge in [-0.2, -0.15) is 0 Å². The highest BCUT2D eigenvalue weighted by Gasteiger charge is 2.09. The number of rotatable bonds is 5.